The molecule has 0 unspecified atom stereocenters. The van der Waals surface area contributed by atoms with Gasteiger partial charge in [0.05, 0.1) is 5.92 Å². The Hall–Kier alpha value is -1.97. The van der Waals surface area contributed by atoms with Crippen LogP contribution in [0.5, 0.6) is 0 Å². The fraction of sp³-hybridized carbons (Fsp3) is 0.250. The number of aldehydes is 1. The van der Waals surface area contributed by atoms with E-state index in [9.17, 15) is 14.9 Å². The predicted octanol–water partition coefficient (Wildman–Crippen LogP) is 2.19. The molecule has 0 amide bonds. The van der Waals surface area contributed by atoms with Crippen molar-refractivity contribution in [1.29, 1.82) is 0 Å². The zero-order chi connectivity index (χ0) is 12.0. The quantitative estimate of drug-likeness (QED) is 0.330. The second-order valence-electron chi connectivity index (χ2n) is 3.39. The van der Waals surface area contributed by atoms with Gasteiger partial charge in [0.15, 0.2) is 0 Å². The summed E-state index contributed by atoms with van der Waals surface area (Å²) in [6.45, 7) is 1.45. The zero-order valence-electron chi connectivity index (χ0n) is 9.00. The maximum absolute atomic E-state index is 10.8. The molecule has 0 aliphatic rings. The number of benzene rings is 1. The Morgan fingerprint density at radius 3 is 2.50 bits per heavy atom. The van der Waals surface area contributed by atoms with Crippen LogP contribution in [0.15, 0.2) is 42.0 Å². The molecule has 1 aromatic carbocycles. The summed E-state index contributed by atoms with van der Waals surface area (Å²) >= 11 is 0. The second kappa shape index (κ2) is 5.80. The lowest BCUT2D eigenvalue weighted by atomic mass is 9.92. The number of rotatable bonds is 5. The van der Waals surface area contributed by atoms with Gasteiger partial charge in [0.1, 0.15) is 6.29 Å². The molecule has 1 atom stereocenters. The molecule has 0 bridgehead atoms. The third-order valence-electron chi connectivity index (χ3n) is 2.41. The standard InChI is InChI=1S/C12H13NO3/c1-2-10(9-14)12(8-13(15)16)11-6-4-3-5-7-11/h2-7,9,12H,8H2,1H3/b10-2-/t12-/m0/s1. The topological polar surface area (TPSA) is 60.2 Å². The molecule has 16 heavy (non-hydrogen) atoms. The van der Waals surface area contributed by atoms with Crippen molar-refractivity contribution in [2.45, 2.75) is 12.8 Å². The first-order chi connectivity index (χ1) is 7.69. The van der Waals surface area contributed by atoms with Gasteiger partial charge in [-0.15, -0.1) is 0 Å². The molecule has 84 valence electrons. The first-order valence-electron chi connectivity index (χ1n) is 4.97. The molecule has 0 aromatic heterocycles. The molecule has 1 rings (SSSR count). The number of nitrogens with zero attached hydrogens (tertiary/aromatic N) is 1. The number of nitro groups is 1. The van der Waals surface area contributed by atoms with E-state index in [2.05, 4.69) is 0 Å². The Kier molecular flexibility index (Phi) is 4.39. The molecule has 0 N–H and O–H groups in total. The highest BCUT2D eigenvalue weighted by atomic mass is 16.6. The SMILES string of the molecule is C/C=C(/C=O)[C@H](C[N+](=O)[O-])c1ccccc1. The summed E-state index contributed by atoms with van der Waals surface area (Å²) in [4.78, 5) is 21.0. The molecule has 0 heterocycles. The molecule has 0 aliphatic carbocycles. The van der Waals surface area contributed by atoms with Gasteiger partial charge in [-0.3, -0.25) is 14.9 Å². The van der Waals surface area contributed by atoms with E-state index < -0.39 is 10.8 Å². The molecule has 0 saturated heterocycles. The molecule has 0 fully saturated rings. The van der Waals surface area contributed by atoms with Crippen LogP contribution < -0.4 is 0 Å². The molecule has 4 nitrogen and oxygen atoms in total. The van der Waals surface area contributed by atoms with Crippen LogP contribution in [0.1, 0.15) is 18.4 Å². The van der Waals surface area contributed by atoms with E-state index in [1.54, 1.807) is 37.3 Å². The van der Waals surface area contributed by atoms with Crippen molar-refractivity contribution in [2.75, 3.05) is 6.54 Å². The fourth-order valence-electron chi connectivity index (χ4n) is 1.59. The smallest absolute Gasteiger partial charge is 0.214 e. The van der Waals surface area contributed by atoms with Crippen molar-refractivity contribution in [3.8, 4) is 0 Å². The number of carbonyl (C=O) groups excluding carboxylic acids is 1. The summed E-state index contributed by atoms with van der Waals surface area (Å²) in [6, 6.07) is 9.03. The van der Waals surface area contributed by atoms with Gasteiger partial charge in [-0.1, -0.05) is 36.4 Å². The van der Waals surface area contributed by atoms with Crippen molar-refractivity contribution < 1.29 is 9.72 Å². The van der Waals surface area contributed by atoms with E-state index in [0.29, 0.717) is 11.9 Å². The van der Waals surface area contributed by atoms with Crippen LogP contribution in [-0.4, -0.2) is 17.8 Å². The Bertz CT molecular complexity index is 398. The van der Waals surface area contributed by atoms with Gasteiger partial charge >= 0.3 is 0 Å². The minimum atomic E-state index is -0.460. The van der Waals surface area contributed by atoms with Crippen LogP contribution >= 0.6 is 0 Å². The van der Waals surface area contributed by atoms with Gasteiger partial charge < -0.3 is 0 Å². The fourth-order valence-corrected chi connectivity index (χ4v) is 1.59. The highest BCUT2D eigenvalue weighted by molar-refractivity contribution is 5.75. The van der Waals surface area contributed by atoms with Crippen LogP contribution in [0, 0.1) is 10.1 Å². The van der Waals surface area contributed by atoms with Gasteiger partial charge in [0.25, 0.3) is 0 Å². The zero-order valence-corrected chi connectivity index (χ0v) is 9.00. The van der Waals surface area contributed by atoms with Crippen LogP contribution in [0.3, 0.4) is 0 Å². The van der Waals surface area contributed by atoms with E-state index in [-0.39, 0.29) is 6.54 Å². The van der Waals surface area contributed by atoms with Crippen molar-refractivity contribution in [3.05, 3.63) is 57.7 Å². The summed E-state index contributed by atoms with van der Waals surface area (Å²) in [6.07, 6.45) is 2.30. The minimum Gasteiger partial charge on any atom is -0.298 e. The van der Waals surface area contributed by atoms with Crippen molar-refractivity contribution >= 4 is 6.29 Å². The molecular weight excluding hydrogens is 206 g/mol. The molecule has 0 radical (unpaired) electrons. The van der Waals surface area contributed by atoms with E-state index in [4.69, 9.17) is 0 Å². The summed E-state index contributed by atoms with van der Waals surface area (Å²) in [5, 5.41) is 10.6. The van der Waals surface area contributed by atoms with Gasteiger partial charge in [0, 0.05) is 10.5 Å². The normalized spacial score (nSPS) is 13.2. The predicted molar refractivity (Wildman–Crippen MR) is 60.9 cm³/mol. The highest BCUT2D eigenvalue weighted by Gasteiger charge is 2.21. The first-order valence-corrected chi connectivity index (χ1v) is 4.97. The number of hydrogen-bond acceptors (Lipinski definition) is 3. The van der Waals surface area contributed by atoms with E-state index in [1.807, 2.05) is 6.07 Å². The number of allylic oxidation sites excluding steroid dienone is 1. The summed E-state index contributed by atoms with van der Waals surface area (Å²) < 4.78 is 0. The van der Waals surface area contributed by atoms with Crippen molar-refractivity contribution in [3.63, 3.8) is 0 Å². The minimum absolute atomic E-state index is 0.261. The van der Waals surface area contributed by atoms with Crippen LogP contribution in [-0.2, 0) is 4.79 Å². The van der Waals surface area contributed by atoms with E-state index in [1.165, 1.54) is 0 Å². The molecular formula is C12H13NO3. The summed E-state index contributed by atoms with van der Waals surface area (Å²) in [5.74, 6) is -0.460. The summed E-state index contributed by atoms with van der Waals surface area (Å²) in [5.41, 5.74) is 1.24. The Balaban J connectivity index is 3.05. The maximum atomic E-state index is 10.8. The van der Waals surface area contributed by atoms with Crippen LogP contribution in [0.2, 0.25) is 0 Å². The average molecular weight is 219 g/mol. The molecule has 0 spiro atoms. The Morgan fingerprint density at radius 2 is 2.06 bits per heavy atom. The Morgan fingerprint density at radius 1 is 1.44 bits per heavy atom. The lowest BCUT2D eigenvalue weighted by Crippen LogP contribution is -2.15. The first kappa shape index (κ1) is 12.1. The monoisotopic (exact) mass is 219 g/mol. The molecule has 0 aliphatic heterocycles. The highest BCUT2D eigenvalue weighted by Crippen LogP contribution is 2.23. The van der Waals surface area contributed by atoms with Gasteiger partial charge in [-0.2, -0.15) is 0 Å². The van der Waals surface area contributed by atoms with Crippen LogP contribution in [0.25, 0.3) is 0 Å². The molecule has 0 saturated carbocycles. The van der Waals surface area contributed by atoms with Crippen molar-refractivity contribution in [2.24, 2.45) is 0 Å². The van der Waals surface area contributed by atoms with Gasteiger partial charge in [-0.25, -0.2) is 0 Å². The molecule has 4 heteroatoms. The summed E-state index contributed by atoms with van der Waals surface area (Å²) in [7, 11) is 0. The van der Waals surface area contributed by atoms with Crippen LogP contribution in [0.4, 0.5) is 0 Å². The maximum Gasteiger partial charge on any atom is 0.214 e. The molecule has 1 aromatic rings. The second-order valence-corrected chi connectivity index (χ2v) is 3.39. The third kappa shape index (κ3) is 3.02. The van der Waals surface area contributed by atoms with Gasteiger partial charge in [0.2, 0.25) is 6.54 Å². The van der Waals surface area contributed by atoms with E-state index >= 15 is 0 Å². The lowest BCUT2D eigenvalue weighted by molar-refractivity contribution is -0.481. The van der Waals surface area contributed by atoms with Gasteiger partial charge in [-0.05, 0) is 12.5 Å². The largest absolute Gasteiger partial charge is 0.298 e. The number of carbonyl (C=O) groups is 1. The third-order valence-corrected chi connectivity index (χ3v) is 2.41. The average Bonchev–Trinajstić information content (AvgIpc) is 2.30. The lowest BCUT2D eigenvalue weighted by Gasteiger charge is -2.12. The van der Waals surface area contributed by atoms with E-state index in [0.717, 1.165) is 5.56 Å². The van der Waals surface area contributed by atoms with Crippen molar-refractivity contribution in [1.82, 2.24) is 0 Å². The number of hydrogen-bond donors (Lipinski definition) is 0. The Labute approximate surface area is 93.7 Å².